The van der Waals surface area contributed by atoms with Crippen LogP contribution in [0.3, 0.4) is 0 Å². The molecule has 0 heterocycles. The molecule has 0 atom stereocenters. The van der Waals surface area contributed by atoms with E-state index in [1.165, 1.54) is 12.8 Å². The Hall–Kier alpha value is -1.02. The van der Waals surface area contributed by atoms with Crippen LogP contribution < -0.4 is 0 Å². The maximum Gasteiger partial charge on any atom is 0.337 e. The first kappa shape index (κ1) is 9.53. The van der Waals surface area contributed by atoms with Crippen molar-refractivity contribution in [2.45, 2.75) is 19.3 Å². The quantitative estimate of drug-likeness (QED) is 0.833. The molecule has 0 aromatic heterocycles. The van der Waals surface area contributed by atoms with Crippen LogP contribution >= 0.6 is 11.6 Å². The van der Waals surface area contributed by atoms with Crippen LogP contribution in [0, 0.1) is 5.92 Å². The SMILES string of the molecule is O=C(O)c1cc(CC2CC2)ccc1Cl. The van der Waals surface area contributed by atoms with Crippen molar-refractivity contribution in [3.05, 3.63) is 34.3 Å². The van der Waals surface area contributed by atoms with Crippen molar-refractivity contribution < 1.29 is 9.90 Å². The second-order valence-electron chi connectivity index (χ2n) is 3.77. The average Bonchev–Trinajstić information content (AvgIpc) is 2.92. The van der Waals surface area contributed by atoms with Crippen LogP contribution in [0.5, 0.6) is 0 Å². The molecule has 1 fully saturated rings. The van der Waals surface area contributed by atoms with Gasteiger partial charge in [-0.2, -0.15) is 0 Å². The van der Waals surface area contributed by atoms with Crippen LogP contribution in [0.15, 0.2) is 18.2 Å². The lowest BCUT2D eigenvalue weighted by Crippen LogP contribution is -1.99. The number of benzene rings is 1. The van der Waals surface area contributed by atoms with E-state index < -0.39 is 5.97 Å². The van der Waals surface area contributed by atoms with E-state index in [4.69, 9.17) is 16.7 Å². The number of carboxylic acids is 1. The lowest BCUT2D eigenvalue weighted by atomic mass is 10.1. The van der Waals surface area contributed by atoms with Crippen molar-refractivity contribution in [2.24, 2.45) is 5.92 Å². The third-order valence-electron chi connectivity index (χ3n) is 2.48. The predicted octanol–water partition coefficient (Wildman–Crippen LogP) is 2.99. The van der Waals surface area contributed by atoms with Crippen molar-refractivity contribution in [1.29, 1.82) is 0 Å². The summed E-state index contributed by atoms with van der Waals surface area (Å²) in [4.78, 5) is 10.8. The highest BCUT2D eigenvalue weighted by molar-refractivity contribution is 6.33. The van der Waals surface area contributed by atoms with Crippen LogP contribution in [0.2, 0.25) is 5.02 Å². The summed E-state index contributed by atoms with van der Waals surface area (Å²) in [6.07, 6.45) is 3.52. The van der Waals surface area contributed by atoms with E-state index in [1.54, 1.807) is 12.1 Å². The minimum atomic E-state index is -0.951. The lowest BCUT2D eigenvalue weighted by Gasteiger charge is -2.03. The molecule has 14 heavy (non-hydrogen) atoms. The number of carboxylic acid groups (broad SMARTS) is 1. The maximum absolute atomic E-state index is 10.8. The Morgan fingerprint density at radius 3 is 2.79 bits per heavy atom. The molecule has 0 spiro atoms. The van der Waals surface area contributed by atoms with Crippen LogP contribution in [-0.2, 0) is 6.42 Å². The minimum Gasteiger partial charge on any atom is -0.478 e. The fourth-order valence-electron chi connectivity index (χ4n) is 1.52. The van der Waals surface area contributed by atoms with Gasteiger partial charge in [0.2, 0.25) is 0 Å². The molecule has 0 bridgehead atoms. The summed E-state index contributed by atoms with van der Waals surface area (Å²) in [5.41, 5.74) is 1.29. The van der Waals surface area contributed by atoms with Crippen LogP contribution in [0.1, 0.15) is 28.8 Å². The lowest BCUT2D eigenvalue weighted by molar-refractivity contribution is 0.0697. The molecule has 74 valence electrons. The van der Waals surface area contributed by atoms with Crippen LogP contribution in [0.4, 0.5) is 0 Å². The monoisotopic (exact) mass is 210 g/mol. The highest BCUT2D eigenvalue weighted by Gasteiger charge is 2.22. The Balaban J connectivity index is 2.24. The van der Waals surface area contributed by atoms with Gasteiger partial charge in [-0.1, -0.05) is 17.7 Å². The van der Waals surface area contributed by atoms with Gasteiger partial charge in [0.15, 0.2) is 0 Å². The third-order valence-corrected chi connectivity index (χ3v) is 2.81. The molecule has 2 rings (SSSR count). The fourth-order valence-corrected chi connectivity index (χ4v) is 1.72. The van der Waals surface area contributed by atoms with Crippen LogP contribution in [0.25, 0.3) is 0 Å². The molecule has 3 heteroatoms. The van der Waals surface area contributed by atoms with Gasteiger partial charge < -0.3 is 5.11 Å². The van der Waals surface area contributed by atoms with Gasteiger partial charge in [0, 0.05) is 0 Å². The number of halogens is 1. The summed E-state index contributed by atoms with van der Waals surface area (Å²) in [6, 6.07) is 5.26. The number of aromatic carboxylic acids is 1. The van der Waals surface area contributed by atoms with E-state index in [1.807, 2.05) is 6.07 Å². The average molecular weight is 211 g/mol. The largest absolute Gasteiger partial charge is 0.478 e. The van der Waals surface area contributed by atoms with Crippen molar-refractivity contribution in [2.75, 3.05) is 0 Å². The summed E-state index contributed by atoms with van der Waals surface area (Å²) in [6.45, 7) is 0. The molecule has 1 aromatic carbocycles. The Morgan fingerprint density at radius 2 is 2.21 bits per heavy atom. The van der Waals surface area contributed by atoms with Gasteiger partial charge in [-0.15, -0.1) is 0 Å². The molecule has 0 radical (unpaired) electrons. The summed E-state index contributed by atoms with van der Waals surface area (Å²) < 4.78 is 0. The number of rotatable bonds is 3. The van der Waals surface area contributed by atoms with Gasteiger partial charge >= 0.3 is 5.97 Å². The molecule has 1 aliphatic carbocycles. The zero-order valence-electron chi connectivity index (χ0n) is 7.66. The molecular weight excluding hydrogens is 200 g/mol. The van der Waals surface area contributed by atoms with E-state index in [-0.39, 0.29) is 5.56 Å². The first-order valence-corrected chi connectivity index (χ1v) is 5.06. The number of carbonyl (C=O) groups is 1. The Labute approximate surface area is 87.5 Å². The molecule has 1 N–H and O–H groups in total. The molecule has 0 aliphatic heterocycles. The van der Waals surface area contributed by atoms with E-state index in [0.29, 0.717) is 5.02 Å². The standard InChI is InChI=1S/C11H11ClO2/c12-10-4-3-8(5-7-1-2-7)6-9(10)11(13)14/h3-4,6-7H,1-2,5H2,(H,13,14). The highest BCUT2D eigenvalue weighted by Crippen LogP contribution is 2.33. The topological polar surface area (TPSA) is 37.3 Å². The summed E-state index contributed by atoms with van der Waals surface area (Å²) in [7, 11) is 0. The molecule has 1 aromatic rings. The van der Waals surface area contributed by atoms with Crippen molar-refractivity contribution >= 4 is 17.6 Å². The molecule has 2 nitrogen and oxygen atoms in total. The van der Waals surface area contributed by atoms with E-state index in [9.17, 15) is 4.79 Å². The van der Waals surface area contributed by atoms with Gasteiger partial charge in [-0.25, -0.2) is 4.79 Å². The minimum absolute atomic E-state index is 0.213. The first-order valence-electron chi connectivity index (χ1n) is 4.68. The van der Waals surface area contributed by atoms with Gasteiger partial charge in [0.25, 0.3) is 0 Å². The third kappa shape index (κ3) is 2.07. The summed E-state index contributed by atoms with van der Waals surface area (Å²) in [5.74, 6) is -0.189. The molecular formula is C11H11ClO2. The maximum atomic E-state index is 10.8. The molecule has 1 saturated carbocycles. The zero-order chi connectivity index (χ0) is 10.1. The number of hydrogen-bond donors (Lipinski definition) is 1. The Bertz CT molecular complexity index is 370. The smallest absolute Gasteiger partial charge is 0.337 e. The molecule has 1 aliphatic rings. The Kier molecular flexibility index (Phi) is 2.46. The van der Waals surface area contributed by atoms with Crippen LogP contribution in [-0.4, -0.2) is 11.1 Å². The second-order valence-corrected chi connectivity index (χ2v) is 4.17. The van der Waals surface area contributed by atoms with Crippen molar-refractivity contribution in [3.63, 3.8) is 0 Å². The predicted molar refractivity (Wildman–Crippen MR) is 54.8 cm³/mol. The van der Waals surface area contributed by atoms with E-state index >= 15 is 0 Å². The zero-order valence-corrected chi connectivity index (χ0v) is 8.42. The summed E-state index contributed by atoms with van der Waals surface area (Å²) >= 11 is 5.76. The van der Waals surface area contributed by atoms with Gasteiger partial charge in [-0.05, 0) is 42.9 Å². The normalized spacial score (nSPS) is 15.5. The first-order chi connectivity index (χ1) is 6.66. The highest BCUT2D eigenvalue weighted by atomic mass is 35.5. The van der Waals surface area contributed by atoms with Crippen molar-refractivity contribution in [3.8, 4) is 0 Å². The fraction of sp³-hybridized carbons (Fsp3) is 0.364. The van der Waals surface area contributed by atoms with Crippen molar-refractivity contribution in [1.82, 2.24) is 0 Å². The van der Waals surface area contributed by atoms with Gasteiger partial charge in [0.05, 0.1) is 10.6 Å². The van der Waals surface area contributed by atoms with E-state index in [2.05, 4.69) is 0 Å². The van der Waals surface area contributed by atoms with Gasteiger partial charge in [0.1, 0.15) is 0 Å². The van der Waals surface area contributed by atoms with Gasteiger partial charge in [-0.3, -0.25) is 0 Å². The van der Waals surface area contributed by atoms with E-state index in [0.717, 1.165) is 17.9 Å². The molecule has 0 unspecified atom stereocenters. The molecule has 0 amide bonds. The second kappa shape index (κ2) is 3.62. The molecule has 0 saturated heterocycles. The summed E-state index contributed by atoms with van der Waals surface area (Å²) in [5, 5.41) is 9.17. The number of hydrogen-bond acceptors (Lipinski definition) is 1. The Morgan fingerprint density at radius 1 is 1.50 bits per heavy atom.